The molecular formula is C34H30N2O7S. The first-order valence-corrected chi connectivity index (χ1v) is 15.1. The lowest BCUT2D eigenvalue weighted by Crippen LogP contribution is -2.29. The van der Waals surface area contributed by atoms with Gasteiger partial charge in [0, 0.05) is 12.0 Å². The first-order chi connectivity index (χ1) is 21.2. The molecule has 3 aromatic carbocycles. The monoisotopic (exact) mass is 610 g/mol. The van der Waals surface area contributed by atoms with Gasteiger partial charge in [0.25, 0.3) is 5.78 Å². The lowest BCUT2D eigenvalue weighted by Gasteiger charge is -2.23. The number of aliphatic hydroxyl groups is 1. The molecule has 0 radical (unpaired) electrons. The minimum atomic E-state index is -1.04. The van der Waals surface area contributed by atoms with Gasteiger partial charge in [-0.05, 0) is 67.8 Å². The summed E-state index contributed by atoms with van der Waals surface area (Å²) in [5.41, 5.74) is 3.08. The summed E-state index contributed by atoms with van der Waals surface area (Å²) in [5, 5.41) is 11.8. The Bertz CT molecular complexity index is 1800. The smallest absolute Gasteiger partial charge is 0.350 e. The number of aliphatic hydroxyl groups excluding tert-OH is 1. The molecule has 9 nitrogen and oxygen atoms in total. The van der Waals surface area contributed by atoms with Gasteiger partial charge >= 0.3 is 11.9 Å². The number of carbonyl (C=O) groups excluding carboxylic acids is 3. The van der Waals surface area contributed by atoms with Crippen molar-refractivity contribution in [2.24, 2.45) is 0 Å². The molecule has 1 amide bonds. The van der Waals surface area contributed by atoms with Crippen molar-refractivity contribution in [3.8, 4) is 11.5 Å². The highest BCUT2D eigenvalue weighted by Gasteiger charge is 2.48. The number of benzene rings is 3. The Hall–Kier alpha value is -4.96. The summed E-state index contributed by atoms with van der Waals surface area (Å²) in [7, 11) is 0. The first-order valence-electron chi connectivity index (χ1n) is 14.3. The lowest BCUT2D eigenvalue weighted by molar-refractivity contribution is -0.132. The number of ketones is 1. The Morgan fingerprint density at radius 3 is 2.66 bits per heavy atom. The van der Waals surface area contributed by atoms with Crippen LogP contribution >= 0.6 is 11.3 Å². The van der Waals surface area contributed by atoms with E-state index in [9.17, 15) is 19.5 Å². The van der Waals surface area contributed by atoms with Crippen molar-refractivity contribution >= 4 is 39.9 Å². The van der Waals surface area contributed by atoms with E-state index in [4.69, 9.17) is 14.2 Å². The molecule has 224 valence electrons. The Kier molecular flexibility index (Phi) is 7.92. The minimum absolute atomic E-state index is 0.00617. The lowest BCUT2D eigenvalue weighted by atomic mass is 9.94. The second-order valence-electron chi connectivity index (χ2n) is 10.6. The Morgan fingerprint density at radius 2 is 1.89 bits per heavy atom. The number of amides is 1. The second-order valence-corrected chi connectivity index (χ2v) is 11.6. The molecule has 44 heavy (non-hydrogen) atoms. The van der Waals surface area contributed by atoms with Crippen molar-refractivity contribution in [2.75, 3.05) is 11.5 Å². The Labute approximate surface area is 258 Å². The highest BCUT2D eigenvalue weighted by molar-refractivity contribution is 7.17. The van der Waals surface area contributed by atoms with Crippen LogP contribution in [0.2, 0.25) is 0 Å². The number of aryl methyl sites for hydroxylation is 1. The molecule has 0 spiro atoms. The van der Waals surface area contributed by atoms with Crippen LogP contribution in [0.3, 0.4) is 0 Å². The Morgan fingerprint density at radius 1 is 1.09 bits per heavy atom. The number of ether oxygens (including phenoxy) is 3. The maximum atomic E-state index is 13.7. The first kappa shape index (κ1) is 29.1. The quantitative estimate of drug-likeness (QED) is 0.109. The van der Waals surface area contributed by atoms with Gasteiger partial charge in [-0.1, -0.05) is 53.8 Å². The number of fused-ring (bicyclic) bond motifs is 1. The molecule has 4 aromatic rings. The summed E-state index contributed by atoms with van der Waals surface area (Å²) in [6, 6.07) is 20.9. The summed E-state index contributed by atoms with van der Waals surface area (Å²) in [5.74, 6) is -1.36. The molecule has 1 saturated heterocycles. The van der Waals surface area contributed by atoms with Crippen LogP contribution in [0.25, 0.3) is 5.76 Å². The predicted octanol–water partition coefficient (Wildman–Crippen LogP) is 6.16. The van der Waals surface area contributed by atoms with Crippen LogP contribution in [0.15, 0.2) is 78.4 Å². The average Bonchev–Trinajstić information content (AvgIpc) is 3.68. The zero-order valence-corrected chi connectivity index (χ0v) is 25.2. The molecule has 1 aromatic heterocycles. The SMILES string of the molecule is CCOC(=O)c1sc(N2C(=O)C(=O)/C(=C(/O)c3ccc4c(c3)CC(C)O4)C2c2cccc(OCc3ccccc3)c2)nc1C. The number of hydrogen-bond donors (Lipinski definition) is 1. The van der Waals surface area contributed by atoms with E-state index < -0.39 is 23.7 Å². The molecular weight excluding hydrogens is 580 g/mol. The van der Waals surface area contributed by atoms with E-state index in [2.05, 4.69) is 4.98 Å². The average molecular weight is 611 g/mol. The molecule has 2 atom stereocenters. The summed E-state index contributed by atoms with van der Waals surface area (Å²) in [6.07, 6.45) is 0.651. The standard InChI is InChI=1S/C34H30N2O7S/c1-4-41-33(40)31-20(3)35-34(44-31)36-28(22-11-8-12-25(17-22)42-18-21-9-6-5-7-10-21)27(30(38)32(36)39)29(37)23-13-14-26-24(16-23)15-19(2)43-26/h5-14,16-17,19,28,37H,4,15,18H2,1-3H3/b29-27+. The van der Waals surface area contributed by atoms with E-state index in [0.29, 0.717) is 35.6 Å². The van der Waals surface area contributed by atoms with Crippen LogP contribution in [0.1, 0.15) is 57.5 Å². The number of carbonyl (C=O) groups is 3. The van der Waals surface area contributed by atoms with Gasteiger partial charge in [0.05, 0.1) is 23.9 Å². The highest BCUT2D eigenvalue weighted by Crippen LogP contribution is 2.45. The van der Waals surface area contributed by atoms with Crippen molar-refractivity contribution in [1.82, 2.24) is 4.98 Å². The molecule has 1 N–H and O–H groups in total. The van der Waals surface area contributed by atoms with Gasteiger partial charge in [0.15, 0.2) is 5.13 Å². The molecule has 6 rings (SSSR count). The van der Waals surface area contributed by atoms with Crippen molar-refractivity contribution in [3.05, 3.63) is 111 Å². The van der Waals surface area contributed by atoms with Crippen LogP contribution in [0.4, 0.5) is 5.13 Å². The number of Topliss-reactive ketones (excluding diaryl/α,β-unsaturated/α-hetero) is 1. The van der Waals surface area contributed by atoms with Gasteiger partial charge in [-0.2, -0.15) is 0 Å². The number of nitrogens with zero attached hydrogens (tertiary/aromatic N) is 2. The third-order valence-electron chi connectivity index (χ3n) is 7.49. The number of hydrogen-bond acceptors (Lipinski definition) is 9. The maximum Gasteiger partial charge on any atom is 0.350 e. The summed E-state index contributed by atoms with van der Waals surface area (Å²) in [6.45, 7) is 5.79. The van der Waals surface area contributed by atoms with Crippen LogP contribution in [-0.4, -0.2) is 40.5 Å². The van der Waals surface area contributed by atoms with Crippen LogP contribution in [0.5, 0.6) is 11.5 Å². The zero-order chi connectivity index (χ0) is 31.0. The van der Waals surface area contributed by atoms with Gasteiger partial charge < -0.3 is 19.3 Å². The predicted molar refractivity (Wildman–Crippen MR) is 165 cm³/mol. The van der Waals surface area contributed by atoms with Crippen molar-refractivity contribution < 1.29 is 33.7 Å². The van der Waals surface area contributed by atoms with Gasteiger partial charge in [-0.3, -0.25) is 14.5 Å². The number of esters is 1. The van der Waals surface area contributed by atoms with Crippen LogP contribution < -0.4 is 14.4 Å². The molecule has 0 saturated carbocycles. The molecule has 0 aliphatic carbocycles. The molecule has 2 unspecified atom stereocenters. The van der Waals surface area contributed by atoms with Gasteiger partial charge in [0.2, 0.25) is 0 Å². The maximum absolute atomic E-state index is 13.7. The molecule has 1 fully saturated rings. The van der Waals surface area contributed by atoms with Crippen molar-refractivity contribution in [2.45, 2.75) is 45.9 Å². The largest absolute Gasteiger partial charge is 0.507 e. The summed E-state index contributed by atoms with van der Waals surface area (Å²) < 4.78 is 17.0. The molecule has 2 aliphatic heterocycles. The van der Waals surface area contributed by atoms with E-state index in [1.54, 1.807) is 56.3 Å². The normalized spacial score (nSPS) is 18.7. The van der Waals surface area contributed by atoms with E-state index in [1.165, 1.54) is 4.90 Å². The number of anilines is 1. The van der Waals surface area contributed by atoms with Crippen LogP contribution in [0, 0.1) is 6.92 Å². The highest BCUT2D eigenvalue weighted by atomic mass is 32.1. The number of aromatic nitrogens is 1. The van der Waals surface area contributed by atoms with Gasteiger partial charge in [-0.25, -0.2) is 9.78 Å². The zero-order valence-electron chi connectivity index (χ0n) is 24.4. The molecule has 10 heteroatoms. The van der Waals surface area contributed by atoms with E-state index in [-0.39, 0.29) is 34.1 Å². The third kappa shape index (κ3) is 5.44. The third-order valence-corrected chi connectivity index (χ3v) is 8.63. The second kappa shape index (κ2) is 12.0. The molecule has 2 aliphatic rings. The minimum Gasteiger partial charge on any atom is -0.507 e. The van der Waals surface area contributed by atoms with Crippen LogP contribution in [-0.2, 0) is 27.4 Å². The topological polar surface area (TPSA) is 115 Å². The summed E-state index contributed by atoms with van der Waals surface area (Å²) >= 11 is 0.962. The van der Waals surface area contributed by atoms with Crippen molar-refractivity contribution in [1.29, 1.82) is 0 Å². The molecule has 0 bridgehead atoms. The summed E-state index contributed by atoms with van der Waals surface area (Å²) in [4.78, 5) is 46.0. The van der Waals surface area contributed by atoms with Crippen molar-refractivity contribution in [3.63, 3.8) is 0 Å². The number of rotatable bonds is 8. The molecule has 3 heterocycles. The van der Waals surface area contributed by atoms with E-state index in [0.717, 1.165) is 28.2 Å². The Balaban J connectivity index is 1.45. The fourth-order valence-electron chi connectivity index (χ4n) is 5.46. The van der Waals surface area contributed by atoms with Gasteiger partial charge in [-0.15, -0.1) is 0 Å². The van der Waals surface area contributed by atoms with E-state index >= 15 is 0 Å². The fourth-order valence-corrected chi connectivity index (χ4v) is 6.44. The number of thiazole rings is 1. The van der Waals surface area contributed by atoms with Gasteiger partial charge in [0.1, 0.15) is 34.8 Å². The van der Waals surface area contributed by atoms with E-state index in [1.807, 2.05) is 37.3 Å². The fraction of sp³-hybridized carbons (Fsp3) is 0.235.